The molecule has 2 aromatic carbocycles. The Labute approximate surface area is 124 Å². The lowest BCUT2D eigenvalue weighted by Gasteiger charge is -2.29. The molecule has 0 radical (unpaired) electrons. The fourth-order valence-corrected chi connectivity index (χ4v) is 2.79. The van der Waals surface area contributed by atoms with Crippen LogP contribution < -0.4 is 5.48 Å². The fourth-order valence-electron chi connectivity index (χ4n) is 2.79. The molecular weight excluding hydrogens is 264 g/mol. The maximum Gasteiger partial charge on any atom is 0.274 e. The minimum atomic E-state index is -0.454. The van der Waals surface area contributed by atoms with Gasteiger partial charge in [-0.05, 0) is 35.2 Å². The number of benzene rings is 2. The Kier molecular flexibility index (Phi) is 3.99. The summed E-state index contributed by atoms with van der Waals surface area (Å²) in [5, 5.41) is 8.69. The van der Waals surface area contributed by atoms with Gasteiger partial charge in [0.15, 0.2) is 0 Å². The van der Waals surface area contributed by atoms with E-state index in [0.29, 0.717) is 5.56 Å². The van der Waals surface area contributed by atoms with E-state index in [4.69, 9.17) is 5.21 Å². The number of nitrogens with one attached hydrogen (secondary N) is 1. The zero-order valence-electron chi connectivity index (χ0n) is 11.7. The van der Waals surface area contributed by atoms with E-state index in [1.807, 2.05) is 18.2 Å². The molecule has 0 spiro atoms. The predicted octanol–water partition coefficient (Wildman–Crippen LogP) is 2.36. The monoisotopic (exact) mass is 282 g/mol. The van der Waals surface area contributed by atoms with Crippen LogP contribution in [0.2, 0.25) is 0 Å². The third-order valence-electron chi connectivity index (χ3n) is 3.91. The lowest BCUT2D eigenvalue weighted by atomic mass is 9.96. The summed E-state index contributed by atoms with van der Waals surface area (Å²) in [6.07, 6.45) is 0.925. The number of nitrogens with zero attached hydrogens (tertiary/aromatic N) is 1. The lowest BCUT2D eigenvalue weighted by molar-refractivity contribution is 0.0706. The minimum Gasteiger partial charge on any atom is -0.294 e. The highest BCUT2D eigenvalue weighted by Gasteiger charge is 2.17. The van der Waals surface area contributed by atoms with Gasteiger partial charge in [-0.25, -0.2) is 5.48 Å². The Hall–Kier alpha value is -2.17. The first-order valence-corrected chi connectivity index (χ1v) is 7.09. The van der Waals surface area contributed by atoms with Crippen molar-refractivity contribution in [2.24, 2.45) is 0 Å². The number of hydrogen-bond acceptors (Lipinski definition) is 3. The highest BCUT2D eigenvalue weighted by molar-refractivity contribution is 5.93. The third kappa shape index (κ3) is 3.12. The van der Waals surface area contributed by atoms with Gasteiger partial charge in [0.1, 0.15) is 0 Å². The maximum absolute atomic E-state index is 11.4. The number of rotatable bonds is 3. The minimum absolute atomic E-state index is 0.454. The molecule has 1 heterocycles. The lowest BCUT2D eigenvalue weighted by Crippen LogP contribution is -2.30. The SMILES string of the molecule is O=C(NO)c1ccc2c(c1)CCN(Cc1ccccc1)C2. The molecule has 0 aromatic heterocycles. The second-order valence-electron chi connectivity index (χ2n) is 5.37. The van der Waals surface area contributed by atoms with Gasteiger partial charge in [0.2, 0.25) is 0 Å². The highest BCUT2D eigenvalue weighted by atomic mass is 16.5. The van der Waals surface area contributed by atoms with Crippen LogP contribution in [0.25, 0.3) is 0 Å². The van der Waals surface area contributed by atoms with E-state index in [2.05, 4.69) is 29.2 Å². The van der Waals surface area contributed by atoms with Crippen LogP contribution in [0, 0.1) is 0 Å². The molecule has 0 saturated carbocycles. The molecule has 0 aliphatic carbocycles. The van der Waals surface area contributed by atoms with Crippen molar-refractivity contribution in [1.82, 2.24) is 10.4 Å². The van der Waals surface area contributed by atoms with E-state index >= 15 is 0 Å². The van der Waals surface area contributed by atoms with Crippen molar-refractivity contribution in [3.63, 3.8) is 0 Å². The van der Waals surface area contributed by atoms with Crippen LogP contribution >= 0.6 is 0 Å². The summed E-state index contributed by atoms with van der Waals surface area (Å²) in [4.78, 5) is 13.8. The van der Waals surface area contributed by atoms with E-state index in [1.165, 1.54) is 16.7 Å². The van der Waals surface area contributed by atoms with Gasteiger partial charge in [0, 0.05) is 25.2 Å². The Morgan fingerprint density at radius 1 is 1.14 bits per heavy atom. The topological polar surface area (TPSA) is 52.6 Å². The van der Waals surface area contributed by atoms with Crippen LogP contribution in [0.1, 0.15) is 27.0 Å². The number of hydrogen-bond donors (Lipinski definition) is 2. The van der Waals surface area contributed by atoms with E-state index in [0.717, 1.165) is 26.1 Å². The second kappa shape index (κ2) is 6.08. The largest absolute Gasteiger partial charge is 0.294 e. The summed E-state index contributed by atoms with van der Waals surface area (Å²) < 4.78 is 0. The number of carbonyl (C=O) groups is 1. The zero-order valence-corrected chi connectivity index (χ0v) is 11.7. The molecule has 0 atom stereocenters. The van der Waals surface area contributed by atoms with Crippen molar-refractivity contribution < 1.29 is 10.0 Å². The van der Waals surface area contributed by atoms with Gasteiger partial charge in [-0.15, -0.1) is 0 Å². The number of hydroxylamine groups is 1. The summed E-state index contributed by atoms with van der Waals surface area (Å²) in [7, 11) is 0. The van der Waals surface area contributed by atoms with Crippen LogP contribution in [-0.4, -0.2) is 22.6 Å². The Bertz CT molecular complexity index is 640. The molecular formula is C17H18N2O2. The number of carbonyl (C=O) groups excluding carboxylic acids is 1. The van der Waals surface area contributed by atoms with Crippen molar-refractivity contribution in [2.75, 3.05) is 6.54 Å². The first kappa shape index (κ1) is 13.8. The Balaban J connectivity index is 1.73. The third-order valence-corrected chi connectivity index (χ3v) is 3.91. The van der Waals surface area contributed by atoms with Crippen molar-refractivity contribution in [3.8, 4) is 0 Å². The van der Waals surface area contributed by atoms with Gasteiger partial charge in [-0.1, -0.05) is 36.4 Å². The van der Waals surface area contributed by atoms with Gasteiger partial charge in [0.05, 0.1) is 0 Å². The smallest absolute Gasteiger partial charge is 0.274 e. The molecule has 1 amide bonds. The van der Waals surface area contributed by atoms with Crippen LogP contribution in [0.15, 0.2) is 48.5 Å². The molecule has 4 nitrogen and oxygen atoms in total. The molecule has 0 saturated heterocycles. The van der Waals surface area contributed by atoms with Crippen molar-refractivity contribution in [1.29, 1.82) is 0 Å². The first-order valence-electron chi connectivity index (χ1n) is 7.09. The first-order chi connectivity index (χ1) is 10.3. The van der Waals surface area contributed by atoms with Gasteiger partial charge < -0.3 is 0 Å². The molecule has 1 aliphatic heterocycles. The summed E-state index contributed by atoms with van der Waals surface area (Å²) in [6, 6.07) is 16.1. The molecule has 2 aromatic rings. The summed E-state index contributed by atoms with van der Waals surface area (Å²) in [5.74, 6) is -0.454. The Morgan fingerprint density at radius 3 is 2.71 bits per heavy atom. The van der Waals surface area contributed by atoms with E-state index in [9.17, 15) is 4.79 Å². The van der Waals surface area contributed by atoms with Crippen molar-refractivity contribution in [3.05, 3.63) is 70.8 Å². The van der Waals surface area contributed by atoms with E-state index in [1.54, 1.807) is 11.5 Å². The van der Waals surface area contributed by atoms with Crippen LogP contribution in [0.5, 0.6) is 0 Å². The van der Waals surface area contributed by atoms with E-state index < -0.39 is 5.91 Å². The van der Waals surface area contributed by atoms with Crippen molar-refractivity contribution >= 4 is 5.91 Å². The molecule has 108 valence electrons. The maximum atomic E-state index is 11.4. The normalized spacial score (nSPS) is 14.5. The van der Waals surface area contributed by atoms with Crippen LogP contribution in [0.3, 0.4) is 0 Å². The molecule has 0 bridgehead atoms. The molecule has 3 rings (SSSR count). The summed E-state index contributed by atoms with van der Waals surface area (Å²) in [5.41, 5.74) is 5.96. The van der Waals surface area contributed by atoms with Gasteiger partial charge in [-0.2, -0.15) is 0 Å². The van der Waals surface area contributed by atoms with Gasteiger partial charge in [0.25, 0.3) is 5.91 Å². The van der Waals surface area contributed by atoms with Gasteiger partial charge >= 0.3 is 0 Å². The molecule has 0 unspecified atom stereocenters. The van der Waals surface area contributed by atoms with Crippen molar-refractivity contribution in [2.45, 2.75) is 19.5 Å². The van der Waals surface area contributed by atoms with Crippen LogP contribution in [-0.2, 0) is 19.5 Å². The standard InChI is InChI=1S/C17H18N2O2/c20-17(18-21)15-6-7-16-12-19(9-8-14(16)10-15)11-13-4-2-1-3-5-13/h1-7,10,21H,8-9,11-12H2,(H,18,20). The fraction of sp³-hybridized carbons (Fsp3) is 0.235. The molecule has 2 N–H and O–H groups in total. The molecule has 0 fully saturated rings. The summed E-state index contributed by atoms with van der Waals surface area (Å²) >= 11 is 0. The number of amides is 1. The molecule has 21 heavy (non-hydrogen) atoms. The quantitative estimate of drug-likeness (QED) is 0.671. The average Bonchev–Trinajstić information content (AvgIpc) is 2.54. The van der Waals surface area contributed by atoms with Gasteiger partial charge in [-0.3, -0.25) is 14.9 Å². The predicted molar refractivity (Wildman–Crippen MR) is 80.0 cm³/mol. The molecule has 1 aliphatic rings. The summed E-state index contributed by atoms with van der Waals surface area (Å²) in [6.45, 7) is 2.82. The highest BCUT2D eigenvalue weighted by Crippen LogP contribution is 2.21. The Morgan fingerprint density at radius 2 is 1.95 bits per heavy atom. The molecule has 4 heteroatoms. The van der Waals surface area contributed by atoms with E-state index in [-0.39, 0.29) is 0 Å². The second-order valence-corrected chi connectivity index (χ2v) is 5.37. The van der Waals surface area contributed by atoms with Crippen LogP contribution in [0.4, 0.5) is 0 Å². The average molecular weight is 282 g/mol. The number of fused-ring (bicyclic) bond motifs is 1. The zero-order chi connectivity index (χ0) is 14.7.